The van der Waals surface area contributed by atoms with Crippen molar-refractivity contribution in [2.45, 2.75) is 0 Å². The molecule has 3 aromatic carbocycles. The van der Waals surface area contributed by atoms with Gasteiger partial charge in [0, 0.05) is 37.6 Å². The van der Waals surface area contributed by atoms with Gasteiger partial charge < -0.3 is 10.1 Å². The number of imidazole rings is 1. The van der Waals surface area contributed by atoms with E-state index < -0.39 is 0 Å². The third kappa shape index (κ3) is 5.34. The normalized spacial score (nSPS) is 10.2. The van der Waals surface area contributed by atoms with Crippen LogP contribution in [0, 0.1) is 6.07 Å². The number of benzene rings is 3. The average Bonchev–Trinajstić information content (AvgIpc) is 3.30. The van der Waals surface area contributed by atoms with Crippen LogP contribution in [0.3, 0.4) is 0 Å². The van der Waals surface area contributed by atoms with E-state index in [0.717, 1.165) is 28.1 Å². The van der Waals surface area contributed by atoms with Crippen LogP contribution in [0.25, 0.3) is 39.5 Å². The Hall–Kier alpha value is -4.15. The molecule has 0 aliphatic rings. The molecule has 0 amide bonds. The van der Waals surface area contributed by atoms with Gasteiger partial charge in [-0.1, -0.05) is 42.5 Å². The van der Waals surface area contributed by atoms with Gasteiger partial charge in [0.25, 0.3) is 0 Å². The maximum Gasteiger partial charge on any atom is 0.164 e. The second-order valence-electron chi connectivity index (χ2n) is 7.46. The van der Waals surface area contributed by atoms with Crippen LogP contribution in [0.2, 0.25) is 0 Å². The summed E-state index contributed by atoms with van der Waals surface area (Å²) in [4.78, 5) is 13.3. The number of pyridine rings is 2. The van der Waals surface area contributed by atoms with Crippen molar-refractivity contribution < 1.29 is 24.6 Å². The monoisotopic (exact) mass is 544 g/mol. The summed E-state index contributed by atoms with van der Waals surface area (Å²) in [5.74, 6) is 0.882. The van der Waals surface area contributed by atoms with Crippen LogP contribution < -0.4 is 0 Å². The van der Waals surface area contributed by atoms with Crippen LogP contribution in [0.4, 0.5) is 0 Å². The maximum absolute atomic E-state index is 10.2. The number of aromatic hydroxyl groups is 1. The molecule has 0 fully saturated rings. The molecule has 0 saturated heterocycles. The zero-order chi connectivity index (χ0) is 23.2. The Kier molecular flexibility index (Phi) is 7.76. The van der Waals surface area contributed by atoms with E-state index in [1.807, 2.05) is 102 Å². The molecule has 0 aliphatic carbocycles. The first-order valence-electron chi connectivity index (χ1n) is 10.9. The van der Waals surface area contributed by atoms with Gasteiger partial charge in [0.05, 0.1) is 5.56 Å². The number of para-hydroxylation sites is 2. The molecular formula is C29H21N4ORh-. The second-order valence-corrected chi connectivity index (χ2v) is 7.46. The molecule has 5 nitrogen and oxygen atoms in total. The van der Waals surface area contributed by atoms with Gasteiger partial charge in [0.2, 0.25) is 0 Å². The third-order valence-electron chi connectivity index (χ3n) is 5.23. The van der Waals surface area contributed by atoms with Crippen molar-refractivity contribution in [1.29, 1.82) is 0 Å². The van der Waals surface area contributed by atoms with E-state index in [4.69, 9.17) is 0 Å². The summed E-state index contributed by atoms with van der Waals surface area (Å²) in [5, 5.41) is 10.2. The van der Waals surface area contributed by atoms with Crippen molar-refractivity contribution in [2.24, 2.45) is 0 Å². The molecule has 0 aliphatic heterocycles. The summed E-state index contributed by atoms with van der Waals surface area (Å²) < 4.78 is 1.96. The van der Waals surface area contributed by atoms with Gasteiger partial charge in [0.1, 0.15) is 11.3 Å². The van der Waals surface area contributed by atoms with Crippen molar-refractivity contribution in [1.82, 2.24) is 19.5 Å². The number of rotatable bonds is 3. The van der Waals surface area contributed by atoms with Crippen molar-refractivity contribution in [3.05, 3.63) is 128 Å². The first kappa shape index (κ1) is 24.0. The Morgan fingerprint density at radius 1 is 0.686 bits per heavy atom. The molecule has 35 heavy (non-hydrogen) atoms. The molecule has 173 valence electrons. The Balaban J connectivity index is 0.000000189. The van der Waals surface area contributed by atoms with Crippen LogP contribution in [-0.2, 0) is 19.5 Å². The molecule has 3 aromatic heterocycles. The smallest absolute Gasteiger partial charge is 0.164 e. The van der Waals surface area contributed by atoms with E-state index in [9.17, 15) is 5.11 Å². The molecule has 6 heteroatoms. The van der Waals surface area contributed by atoms with Gasteiger partial charge in [0.15, 0.2) is 11.5 Å². The maximum atomic E-state index is 10.2. The number of nitrogens with zero attached hydrogens (tertiary/aromatic N) is 4. The molecule has 1 radical (unpaired) electrons. The topological polar surface area (TPSA) is 63.8 Å². The summed E-state index contributed by atoms with van der Waals surface area (Å²) in [7, 11) is 0. The van der Waals surface area contributed by atoms with E-state index in [1.165, 1.54) is 0 Å². The second kappa shape index (κ2) is 11.3. The molecule has 0 spiro atoms. The molecule has 0 saturated carbocycles. The summed E-state index contributed by atoms with van der Waals surface area (Å²) in [6, 6.07) is 37.7. The number of hydrogen-bond donors (Lipinski definition) is 1. The van der Waals surface area contributed by atoms with Gasteiger partial charge in [-0.15, -0.1) is 35.9 Å². The number of phenols is 1. The molecular weight excluding hydrogens is 523 g/mol. The van der Waals surface area contributed by atoms with Crippen LogP contribution in [0.15, 0.2) is 122 Å². The zero-order valence-electron chi connectivity index (χ0n) is 18.6. The van der Waals surface area contributed by atoms with Crippen molar-refractivity contribution in [3.63, 3.8) is 0 Å². The van der Waals surface area contributed by atoms with Gasteiger partial charge >= 0.3 is 0 Å². The van der Waals surface area contributed by atoms with Crippen LogP contribution in [0.1, 0.15) is 0 Å². The van der Waals surface area contributed by atoms with Gasteiger partial charge in [-0.25, -0.2) is 9.97 Å². The zero-order valence-corrected chi connectivity index (χ0v) is 20.3. The van der Waals surface area contributed by atoms with Crippen LogP contribution in [0.5, 0.6) is 5.75 Å². The minimum atomic E-state index is 0. The Morgan fingerprint density at radius 2 is 1.43 bits per heavy atom. The fourth-order valence-corrected chi connectivity index (χ4v) is 3.65. The van der Waals surface area contributed by atoms with Crippen molar-refractivity contribution in [3.8, 4) is 34.1 Å². The Labute approximate surface area is 216 Å². The van der Waals surface area contributed by atoms with E-state index >= 15 is 0 Å². The quantitative estimate of drug-likeness (QED) is 0.209. The summed E-state index contributed by atoms with van der Waals surface area (Å²) in [5.41, 5.74) is 5.22. The largest absolute Gasteiger partial charge is 0.507 e. The third-order valence-corrected chi connectivity index (χ3v) is 5.23. The molecule has 3 heterocycles. The first-order chi connectivity index (χ1) is 16.8. The predicted octanol–water partition coefficient (Wildman–Crippen LogP) is 6.34. The fraction of sp³-hybridized carbons (Fsp3) is 0. The average molecular weight is 544 g/mol. The van der Waals surface area contributed by atoms with E-state index in [-0.39, 0.29) is 25.2 Å². The number of hydrogen-bond acceptors (Lipinski definition) is 4. The van der Waals surface area contributed by atoms with Crippen molar-refractivity contribution >= 4 is 11.2 Å². The van der Waals surface area contributed by atoms with E-state index in [2.05, 4.69) is 21.0 Å². The summed E-state index contributed by atoms with van der Waals surface area (Å²) in [6.45, 7) is 0. The van der Waals surface area contributed by atoms with E-state index in [1.54, 1.807) is 24.5 Å². The predicted molar refractivity (Wildman–Crippen MR) is 134 cm³/mol. The van der Waals surface area contributed by atoms with Crippen LogP contribution >= 0.6 is 0 Å². The molecule has 6 rings (SSSR count). The summed E-state index contributed by atoms with van der Waals surface area (Å²) >= 11 is 0. The fourth-order valence-electron chi connectivity index (χ4n) is 3.65. The van der Waals surface area contributed by atoms with E-state index in [0.29, 0.717) is 11.4 Å². The summed E-state index contributed by atoms with van der Waals surface area (Å²) in [6.07, 6.45) is 3.54. The molecule has 0 bridgehead atoms. The van der Waals surface area contributed by atoms with Gasteiger partial charge in [-0.05, 0) is 48.2 Å². The Bertz CT molecular complexity index is 1470. The number of fused-ring (bicyclic) bond motifs is 1. The first-order valence-corrected chi connectivity index (χ1v) is 10.9. The Morgan fingerprint density at radius 3 is 2.17 bits per heavy atom. The minimum absolute atomic E-state index is 0. The standard InChI is InChI=1S/C18H13N3O.C11H8N.Rh/c22-16-11-5-4-9-14(16)17-20-15-10-6-12-19-18(15)21(17)13-7-2-1-3-8-13;1-2-6-10(7-3-1)11-8-4-5-9-12-11;/h1-12,22H;1-6,8-9H;/q;-1;. The van der Waals surface area contributed by atoms with Crippen LogP contribution in [-0.4, -0.2) is 24.6 Å². The minimum Gasteiger partial charge on any atom is -0.507 e. The van der Waals surface area contributed by atoms with Gasteiger partial charge in [-0.2, -0.15) is 0 Å². The molecule has 6 aromatic rings. The molecule has 0 unspecified atom stereocenters. The van der Waals surface area contributed by atoms with Crippen molar-refractivity contribution in [2.75, 3.05) is 0 Å². The van der Waals surface area contributed by atoms with Gasteiger partial charge in [-0.3, -0.25) is 4.57 Å². The number of phenolic OH excluding ortho intramolecular Hbond substituents is 1. The molecule has 0 atom stereocenters. The molecule has 1 N–H and O–H groups in total. The SMILES string of the molecule is Oc1ccccc1-c1nc2cccnc2n1-c1ccccc1.[Rh].[c-]1ccccc1-c1ccccn1. The number of aromatic nitrogens is 4.